The van der Waals surface area contributed by atoms with Gasteiger partial charge in [-0.15, -0.1) is 11.3 Å². The molecule has 1 N–H and O–H groups in total. The van der Waals surface area contributed by atoms with E-state index in [9.17, 15) is 13.5 Å². The van der Waals surface area contributed by atoms with Crippen molar-refractivity contribution >= 4 is 21.4 Å². The second kappa shape index (κ2) is 5.79. The number of thiazole rings is 1. The van der Waals surface area contributed by atoms with Crippen LogP contribution in [0.3, 0.4) is 0 Å². The highest BCUT2D eigenvalue weighted by molar-refractivity contribution is 7.89. The van der Waals surface area contributed by atoms with Crippen LogP contribution in [0, 0.1) is 0 Å². The van der Waals surface area contributed by atoms with Crippen LogP contribution in [-0.2, 0) is 23.2 Å². The fourth-order valence-electron chi connectivity index (χ4n) is 1.68. The van der Waals surface area contributed by atoms with Gasteiger partial charge in [-0.05, 0) is 11.6 Å². The Labute approximate surface area is 116 Å². The van der Waals surface area contributed by atoms with E-state index in [-0.39, 0.29) is 18.0 Å². The molecule has 0 amide bonds. The average molecular weight is 298 g/mol. The van der Waals surface area contributed by atoms with Gasteiger partial charge >= 0.3 is 0 Å². The minimum atomic E-state index is -3.62. The molecule has 0 fully saturated rings. The predicted octanol–water partition coefficient (Wildman–Crippen LogP) is 1.46. The smallest absolute Gasteiger partial charge is 0.243 e. The van der Waals surface area contributed by atoms with E-state index in [1.165, 1.54) is 28.8 Å². The van der Waals surface area contributed by atoms with Crippen LogP contribution in [0.1, 0.15) is 11.3 Å². The van der Waals surface area contributed by atoms with E-state index in [0.29, 0.717) is 11.3 Å². The monoisotopic (exact) mass is 298 g/mol. The predicted molar refractivity (Wildman–Crippen MR) is 73.1 cm³/mol. The lowest BCUT2D eigenvalue weighted by molar-refractivity contribution is 0.278. The van der Waals surface area contributed by atoms with E-state index in [1.807, 2.05) is 5.38 Å². The molecule has 102 valence electrons. The first-order chi connectivity index (χ1) is 9.05. The average Bonchev–Trinajstić information content (AvgIpc) is 2.91. The van der Waals surface area contributed by atoms with Crippen LogP contribution in [0.5, 0.6) is 0 Å². The molecule has 19 heavy (non-hydrogen) atoms. The minimum absolute atomic E-state index is 0.134. The molecule has 0 unspecified atom stereocenters. The molecule has 0 aliphatic heterocycles. The summed E-state index contributed by atoms with van der Waals surface area (Å²) in [5.41, 5.74) is 2.77. The molecule has 0 aliphatic carbocycles. The third-order valence-corrected chi connectivity index (χ3v) is 5.24. The molecular weight excluding hydrogens is 284 g/mol. The number of aromatic nitrogens is 1. The van der Waals surface area contributed by atoms with Crippen molar-refractivity contribution < 1.29 is 13.5 Å². The SMILES string of the molecule is CN(Cc1cscn1)S(=O)(=O)c1ccccc1CO. The van der Waals surface area contributed by atoms with Gasteiger partial charge in [0, 0.05) is 12.4 Å². The molecule has 0 saturated carbocycles. The van der Waals surface area contributed by atoms with Crippen molar-refractivity contribution in [2.45, 2.75) is 18.0 Å². The summed E-state index contributed by atoms with van der Waals surface area (Å²) in [6.45, 7) is -0.0917. The van der Waals surface area contributed by atoms with Gasteiger partial charge in [0.05, 0.1) is 29.3 Å². The van der Waals surface area contributed by atoms with E-state index in [4.69, 9.17) is 0 Å². The van der Waals surface area contributed by atoms with E-state index >= 15 is 0 Å². The third-order valence-electron chi connectivity index (χ3n) is 2.70. The zero-order valence-electron chi connectivity index (χ0n) is 10.4. The van der Waals surface area contributed by atoms with E-state index < -0.39 is 10.0 Å². The van der Waals surface area contributed by atoms with Crippen LogP contribution >= 0.6 is 11.3 Å². The Balaban J connectivity index is 2.31. The minimum Gasteiger partial charge on any atom is -0.392 e. The third kappa shape index (κ3) is 3.01. The Bertz CT molecular complexity index is 639. The molecule has 0 spiro atoms. The van der Waals surface area contributed by atoms with Gasteiger partial charge in [0.25, 0.3) is 0 Å². The van der Waals surface area contributed by atoms with Gasteiger partial charge < -0.3 is 5.11 Å². The molecule has 2 rings (SSSR count). The Morgan fingerprint density at radius 3 is 2.74 bits per heavy atom. The Kier molecular flexibility index (Phi) is 4.31. The molecule has 2 aromatic rings. The van der Waals surface area contributed by atoms with Crippen LogP contribution < -0.4 is 0 Å². The number of aliphatic hydroxyl groups excluding tert-OH is 1. The molecule has 5 nitrogen and oxygen atoms in total. The highest BCUT2D eigenvalue weighted by atomic mass is 32.2. The van der Waals surface area contributed by atoms with E-state index in [0.717, 1.165) is 0 Å². The van der Waals surface area contributed by atoms with Crippen molar-refractivity contribution in [2.75, 3.05) is 7.05 Å². The summed E-state index contributed by atoms with van der Waals surface area (Å²) in [5, 5.41) is 11.0. The van der Waals surface area contributed by atoms with Crippen LogP contribution in [0.25, 0.3) is 0 Å². The molecule has 0 aliphatic rings. The summed E-state index contributed by atoms with van der Waals surface area (Å²) >= 11 is 1.42. The fraction of sp³-hybridized carbons (Fsp3) is 0.250. The molecule has 1 heterocycles. The van der Waals surface area contributed by atoms with Gasteiger partial charge in [0.15, 0.2) is 0 Å². The van der Waals surface area contributed by atoms with E-state index in [2.05, 4.69) is 4.98 Å². The molecule has 0 saturated heterocycles. The summed E-state index contributed by atoms with van der Waals surface area (Å²) < 4.78 is 26.1. The van der Waals surface area contributed by atoms with Gasteiger partial charge in [-0.2, -0.15) is 4.31 Å². The van der Waals surface area contributed by atoms with Crippen molar-refractivity contribution in [3.8, 4) is 0 Å². The number of hydrogen-bond donors (Lipinski definition) is 1. The zero-order valence-corrected chi connectivity index (χ0v) is 12.0. The van der Waals surface area contributed by atoms with Crippen molar-refractivity contribution in [2.24, 2.45) is 0 Å². The number of nitrogens with zero attached hydrogens (tertiary/aromatic N) is 2. The zero-order chi connectivity index (χ0) is 13.9. The normalized spacial score (nSPS) is 11.9. The van der Waals surface area contributed by atoms with Crippen molar-refractivity contribution in [1.29, 1.82) is 0 Å². The fourth-order valence-corrected chi connectivity index (χ4v) is 3.58. The topological polar surface area (TPSA) is 70.5 Å². The molecule has 7 heteroatoms. The standard InChI is InChI=1S/C12H14N2O3S2/c1-14(6-11-8-18-9-13-11)19(16,17)12-5-3-2-4-10(12)7-15/h2-5,8-9,15H,6-7H2,1H3. The van der Waals surface area contributed by atoms with Crippen molar-refractivity contribution in [3.63, 3.8) is 0 Å². The maximum atomic E-state index is 12.4. The Morgan fingerprint density at radius 2 is 2.11 bits per heavy atom. The summed E-state index contributed by atoms with van der Waals surface area (Å²) in [4.78, 5) is 4.20. The van der Waals surface area contributed by atoms with Crippen LogP contribution in [-0.4, -0.2) is 29.9 Å². The first-order valence-corrected chi connectivity index (χ1v) is 7.96. The van der Waals surface area contributed by atoms with Gasteiger partial charge in [-0.25, -0.2) is 13.4 Å². The second-order valence-corrected chi connectivity index (χ2v) is 6.74. The first kappa shape index (κ1) is 14.1. The first-order valence-electron chi connectivity index (χ1n) is 5.58. The highest BCUT2D eigenvalue weighted by Crippen LogP contribution is 2.20. The van der Waals surface area contributed by atoms with E-state index in [1.54, 1.807) is 23.7 Å². The van der Waals surface area contributed by atoms with Gasteiger partial charge in [-0.1, -0.05) is 18.2 Å². The summed E-state index contributed by atoms with van der Waals surface area (Å²) in [6, 6.07) is 6.44. The van der Waals surface area contributed by atoms with Crippen molar-refractivity contribution in [3.05, 3.63) is 46.4 Å². The molecule has 1 aromatic heterocycles. The maximum Gasteiger partial charge on any atom is 0.243 e. The number of aliphatic hydroxyl groups is 1. The molecule has 0 atom stereocenters. The maximum absolute atomic E-state index is 12.4. The molecule has 0 radical (unpaired) electrons. The lowest BCUT2D eigenvalue weighted by Gasteiger charge is -2.17. The number of sulfonamides is 1. The summed E-state index contributed by atoms with van der Waals surface area (Å²) in [7, 11) is -2.12. The molecular formula is C12H14N2O3S2. The van der Waals surface area contributed by atoms with Gasteiger partial charge in [0.1, 0.15) is 0 Å². The lowest BCUT2D eigenvalue weighted by Crippen LogP contribution is -2.27. The Hall–Kier alpha value is -1.28. The quantitative estimate of drug-likeness (QED) is 0.907. The second-order valence-electron chi connectivity index (χ2n) is 4.01. The van der Waals surface area contributed by atoms with Crippen molar-refractivity contribution in [1.82, 2.24) is 9.29 Å². The summed E-state index contributed by atoms with van der Waals surface area (Å²) in [5.74, 6) is 0. The van der Waals surface area contributed by atoms with Crippen LogP contribution in [0.4, 0.5) is 0 Å². The van der Waals surface area contributed by atoms with Crippen LogP contribution in [0.15, 0.2) is 40.1 Å². The Morgan fingerprint density at radius 1 is 1.37 bits per heavy atom. The number of rotatable bonds is 5. The van der Waals surface area contributed by atoms with Gasteiger partial charge in [0.2, 0.25) is 10.0 Å². The highest BCUT2D eigenvalue weighted by Gasteiger charge is 2.23. The van der Waals surface area contributed by atoms with Crippen LogP contribution in [0.2, 0.25) is 0 Å². The molecule has 0 bridgehead atoms. The summed E-state index contributed by atoms with van der Waals surface area (Å²) in [6.07, 6.45) is 0. The number of hydrogen-bond acceptors (Lipinski definition) is 5. The van der Waals surface area contributed by atoms with Gasteiger partial charge in [-0.3, -0.25) is 0 Å². The largest absolute Gasteiger partial charge is 0.392 e. The lowest BCUT2D eigenvalue weighted by atomic mass is 10.2. The number of benzene rings is 1. The molecule has 1 aromatic carbocycles.